The van der Waals surface area contributed by atoms with Crippen LogP contribution in [0.25, 0.3) is 0 Å². The molecule has 18 heavy (non-hydrogen) atoms. The minimum atomic E-state index is -0.0207. The molecule has 0 atom stereocenters. The van der Waals surface area contributed by atoms with Crippen molar-refractivity contribution < 1.29 is 14.4 Å². The van der Waals surface area contributed by atoms with Crippen molar-refractivity contribution in [2.24, 2.45) is 0 Å². The lowest BCUT2D eigenvalue weighted by molar-refractivity contribution is -0.883. The van der Waals surface area contributed by atoms with E-state index in [9.17, 15) is 4.79 Å². The maximum absolute atomic E-state index is 12.0. The van der Waals surface area contributed by atoms with E-state index in [-0.39, 0.29) is 6.03 Å². The van der Waals surface area contributed by atoms with Gasteiger partial charge in [0.15, 0.2) is 0 Å². The number of urea groups is 1. The van der Waals surface area contributed by atoms with E-state index in [4.69, 9.17) is 4.74 Å². The number of methoxy groups -OCH3 is 1. The number of anilines is 1. The molecule has 0 bridgehead atoms. The fourth-order valence-corrected chi connectivity index (χ4v) is 1.97. The number of ether oxygens (including phenoxy) is 1. The Balaban J connectivity index is 1.90. The molecule has 0 aliphatic carbocycles. The second-order valence-corrected chi connectivity index (χ2v) is 4.60. The van der Waals surface area contributed by atoms with Crippen molar-refractivity contribution in [3.63, 3.8) is 0 Å². The molecule has 1 aliphatic rings. The summed E-state index contributed by atoms with van der Waals surface area (Å²) in [6, 6.07) is 7.34. The minimum Gasteiger partial charge on any atom is -0.497 e. The summed E-state index contributed by atoms with van der Waals surface area (Å²) in [5.74, 6) is 0.788. The van der Waals surface area contributed by atoms with Crippen LogP contribution in [-0.2, 0) is 0 Å². The highest BCUT2D eigenvalue weighted by molar-refractivity contribution is 5.89. The Morgan fingerprint density at radius 1 is 1.28 bits per heavy atom. The monoisotopic (exact) mass is 250 g/mol. The van der Waals surface area contributed by atoms with Gasteiger partial charge in [-0.1, -0.05) is 0 Å². The van der Waals surface area contributed by atoms with Gasteiger partial charge in [0.2, 0.25) is 0 Å². The van der Waals surface area contributed by atoms with Gasteiger partial charge < -0.3 is 19.9 Å². The number of carbonyl (C=O) groups excluding carboxylic acids is 1. The van der Waals surface area contributed by atoms with Crippen LogP contribution in [0, 0.1) is 0 Å². The van der Waals surface area contributed by atoms with E-state index in [1.165, 1.54) is 4.90 Å². The molecule has 5 heteroatoms. The van der Waals surface area contributed by atoms with Gasteiger partial charge in [-0.25, -0.2) is 4.79 Å². The van der Waals surface area contributed by atoms with Crippen molar-refractivity contribution in [1.29, 1.82) is 0 Å². The summed E-state index contributed by atoms with van der Waals surface area (Å²) in [5.41, 5.74) is 0.798. The summed E-state index contributed by atoms with van der Waals surface area (Å²) >= 11 is 0. The summed E-state index contributed by atoms with van der Waals surface area (Å²) in [6.45, 7) is 3.65. The Kier molecular flexibility index (Phi) is 4.04. The highest BCUT2D eigenvalue weighted by Gasteiger charge is 2.21. The van der Waals surface area contributed by atoms with Crippen LogP contribution in [0.15, 0.2) is 24.3 Å². The molecule has 2 rings (SSSR count). The van der Waals surface area contributed by atoms with Crippen LogP contribution in [-0.4, -0.2) is 51.3 Å². The van der Waals surface area contributed by atoms with Crippen LogP contribution in [0.4, 0.5) is 10.5 Å². The van der Waals surface area contributed by atoms with E-state index < -0.39 is 0 Å². The molecule has 1 fully saturated rings. The Morgan fingerprint density at radius 2 is 1.89 bits per heavy atom. The summed E-state index contributed by atoms with van der Waals surface area (Å²) in [4.78, 5) is 15.3. The van der Waals surface area contributed by atoms with Gasteiger partial charge in [-0.05, 0) is 24.3 Å². The number of amides is 2. The third kappa shape index (κ3) is 3.13. The van der Waals surface area contributed by atoms with Gasteiger partial charge in [0, 0.05) is 5.69 Å². The molecule has 0 aromatic heterocycles. The number of benzene rings is 1. The molecular weight excluding hydrogens is 230 g/mol. The molecule has 0 spiro atoms. The SMILES string of the molecule is COc1ccc(NC(=O)N2CC[NH+](C)CC2)cc1. The Labute approximate surface area is 107 Å². The molecule has 1 aromatic carbocycles. The number of quaternary nitrogens is 1. The lowest BCUT2D eigenvalue weighted by atomic mass is 10.3. The highest BCUT2D eigenvalue weighted by Crippen LogP contribution is 2.15. The number of rotatable bonds is 2. The fraction of sp³-hybridized carbons (Fsp3) is 0.462. The summed E-state index contributed by atoms with van der Waals surface area (Å²) in [5, 5.41) is 2.90. The van der Waals surface area contributed by atoms with Crippen molar-refractivity contribution in [2.45, 2.75) is 0 Å². The molecule has 2 amide bonds. The molecular formula is C13H20N3O2+. The van der Waals surface area contributed by atoms with Crippen LogP contribution in [0.5, 0.6) is 5.75 Å². The van der Waals surface area contributed by atoms with Gasteiger partial charge in [0.25, 0.3) is 0 Å². The van der Waals surface area contributed by atoms with Gasteiger partial charge in [-0.2, -0.15) is 0 Å². The highest BCUT2D eigenvalue weighted by atomic mass is 16.5. The quantitative estimate of drug-likeness (QED) is 0.779. The number of nitrogens with zero attached hydrogens (tertiary/aromatic N) is 1. The lowest BCUT2D eigenvalue weighted by Crippen LogP contribution is -3.12. The molecule has 1 heterocycles. The third-order valence-electron chi connectivity index (χ3n) is 3.25. The number of hydrogen-bond donors (Lipinski definition) is 2. The Bertz CT molecular complexity index is 397. The smallest absolute Gasteiger partial charge is 0.322 e. The summed E-state index contributed by atoms with van der Waals surface area (Å²) in [7, 11) is 3.78. The van der Waals surface area contributed by atoms with E-state index in [0.717, 1.165) is 37.6 Å². The maximum Gasteiger partial charge on any atom is 0.322 e. The average Bonchev–Trinajstić information content (AvgIpc) is 2.40. The first-order valence-electron chi connectivity index (χ1n) is 6.20. The maximum atomic E-state index is 12.0. The molecule has 2 N–H and O–H groups in total. The fourth-order valence-electron chi connectivity index (χ4n) is 1.97. The van der Waals surface area contributed by atoms with Crippen molar-refractivity contribution in [3.8, 4) is 5.75 Å². The summed E-state index contributed by atoms with van der Waals surface area (Å²) in [6.07, 6.45) is 0. The molecule has 1 aliphatic heterocycles. The number of nitrogens with one attached hydrogen (secondary N) is 2. The first-order valence-corrected chi connectivity index (χ1v) is 6.20. The zero-order valence-electron chi connectivity index (χ0n) is 10.9. The largest absolute Gasteiger partial charge is 0.497 e. The second kappa shape index (κ2) is 5.73. The van der Waals surface area contributed by atoms with E-state index in [0.29, 0.717) is 0 Å². The number of carbonyl (C=O) groups is 1. The van der Waals surface area contributed by atoms with Crippen molar-refractivity contribution in [1.82, 2.24) is 4.90 Å². The minimum absolute atomic E-state index is 0.0207. The molecule has 0 saturated carbocycles. The van der Waals surface area contributed by atoms with Crippen molar-refractivity contribution >= 4 is 11.7 Å². The van der Waals surface area contributed by atoms with Gasteiger partial charge in [0.1, 0.15) is 5.75 Å². The Morgan fingerprint density at radius 3 is 2.44 bits per heavy atom. The topological polar surface area (TPSA) is 46.0 Å². The van der Waals surface area contributed by atoms with Crippen molar-refractivity contribution in [3.05, 3.63) is 24.3 Å². The zero-order chi connectivity index (χ0) is 13.0. The zero-order valence-corrected chi connectivity index (χ0v) is 10.9. The first-order chi connectivity index (χ1) is 8.69. The molecule has 0 radical (unpaired) electrons. The standard InChI is InChI=1S/C13H19N3O2/c1-15-7-9-16(10-8-15)13(17)14-11-3-5-12(18-2)6-4-11/h3-6H,7-10H2,1-2H3,(H,14,17)/p+1. The van der Waals surface area contributed by atoms with E-state index >= 15 is 0 Å². The molecule has 1 saturated heterocycles. The predicted octanol–water partition coefficient (Wildman–Crippen LogP) is 0.0574. The predicted molar refractivity (Wildman–Crippen MR) is 70.2 cm³/mol. The van der Waals surface area contributed by atoms with Gasteiger partial charge >= 0.3 is 6.03 Å². The Hall–Kier alpha value is -1.75. The third-order valence-corrected chi connectivity index (χ3v) is 3.25. The molecule has 5 nitrogen and oxygen atoms in total. The van der Waals surface area contributed by atoms with E-state index in [2.05, 4.69) is 12.4 Å². The molecule has 1 aromatic rings. The van der Waals surface area contributed by atoms with Crippen LogP contribution in [0.2, 0.25) is 0 Å². The van der Waals surface area contributed by atoms with E-state index in [1.807, 2.05) is 29.2 Å². The first kappa shape index (κ1) is 12.7. The van der Waals surface area contributed by atoms with Gasteiger partial charge in [-0.3, -0.25) is 0 Å². The van der Waals surface area contributed by atoms with Crippen LogP contribution < -0.4 is 15.0 Å². The van der Waals surface area contributed by atoms with Gasteiger partial charge in [-0.15, -0.1) is 0 Å². The molecule has 98 valence electrons. The normalized spacial score (nSPS) is 16.4. The number of hydrogen-bond acceptors (Lipinski definition) is 2. The summed E-state index contributed by atoms with van der Waals surface area (Å²) < 4.78 is 5.08. The lowest BCUT2D eigenvalue weighted by Gasteiger charge is -2.30. The second-order valence-electron chi connectivity index (χ2n) is 4.60. The van der Waals surface area contributed by atoms with Crippen LogP contribution in [0.1, 0.15) is 0 Å². The van der Waals surface area contributed by atoms with Crippen LogP contribution >= 0.6 is 0 Å². The van der Waals surface area contributed by atoms with Gasteiger partial charge in [0.05, 0.1) is 40.3 Å². The molecule has 0 unspecified atom stereocenters. The number of piperazine rings is 1. The average molecular weight is 250 g/mol. The van der Waals surface area contributed by atoms with Crippen molar-refractivity contribution in [2.75, 3.05) is 45.7 Å². The number of likely N-dealkylation sites (N-methyl/N-ethyl adjacent to an activating group) is 1. The van der Waals surface area contributed by atoms with E-state index in [1.54, 1.807) is 7.11 Å². The van der Waals surface area contributed by atoms with Crippen LogP contribution in [0.3, 0.4) is 0 Å².